The van der Waals surface area contributed by atoms with Gasteiger partial charge in [0.15, 0.2) is 6.10 Å². The van der Waals surface area contributed by atoms with Gasteiger partial charge < -0.3 is 10.5 Å². The van der Waals surface area contributed by atoms with Crippen molar-refractivity contribution in [3.05, 3.63) is 0 Å². The van der Waals surface area contributed by atoms with Crippen LogP contribution in [0.1, 0.15) is 13.8 Å². The first-order chi connectivity index (χ1) is 4.88. The van der Waals surface area contributed by atoms with E-state index in [1.807, 2.05) is 0 Å². The predicted octanol–water partition coefficient (Wildman–Crippen LogP) is 1.30. The van der Waals surface area contributed by atoms with Crippen LogP contribution in [0.25, 0.3) is 0 Å². The summed E-state index contributed by atoms with van der Waals surface area (Å²) in [5.74, 6) is 0. The van der Waals surface area contributed by atoms with Crippen LogP contribution in [0, 0.1) is 0 Å². The van der Waals surface area contributed by atoms with Gasteiger partial charge in [-0.1, -0.05) is 0 Å². The highest BCUT2D eigenvalue weighted by Gasteiger charge is 2.39. The second kappa shape index (κ2) is 3.92. The van der Waals surface area contributed by atoms with Crippen molar-refractivity contribution in [1.29, 1.82) is 0 Å². The van der Waals surface area contributed by atoms with E-state index in [1.165, 1.54) is 13.8 Å². The summed E-state index contributed by atoms with van der Waals surface area (Å²) < 4.78 is 40.1. The largest absolute Gasteiger partial charge is 0.415 e. The van der Waals surface area contributed by atoms with Gasteiger partial charge in [-0.15, -0.1) is 0 Å². The molecular formula is C6H12F3NO. The van der Waals surface area contributed by atoms with Crippen LogP contribution in [0.3, 0.4) is 0 Å². The summed E-state index contributed by atoms with van der Waals surface area (Å²) in [6.07, 6.45) is -6.63. The molecule has 0 radical (unpaired) electrons. The van der Waals surface area contributed by atoms with E-state index in [1.54, 1.807) is 0 Å². The minimum Gasteiger partial charge on any atom is -0.365 e. The van der Waals surface area contributed by atoms with Gasteiger partial charge in [0, 0.05) is 6.54 Å². The molecule has 1 unspecified atom stereocenters. The van der Waals surface area contributed by atoms with Gasteiger partial charge >= 0.3 is 6.18 Å². The zero-order valence-corrected chi connectivity index (χ0v) is 6.48. The van der Waals surface area contributed by atoms with Crippen LogP contribution in [0.15, 0.2) is 0 Å². The molecule has 0 aliphatic carbocycles. The maximum Gasteiger partial charge on any atom is 0.415 e. The molecule has 0 amide bonds. The summed E-state index contributed by atoms with van der Waals surface area (Å²) in [7, 11) is 0. The quantitative estimate of drug-likeness (QED) is 0.694. The second-order valence-electron chi connectivity index (χ2n) is 2.45. The van der Waals surface area contributed by atoms with E-state index in [4.69, 9.17) is 5.73 Å². The van der Waals surface area contributed by atoms with Crippen LogP contribution in [0.5, 0.6) is 0 Å². The van der Waals surface area contributed by atoms with Crippen LogP contribution in [-0.4, -0.2) is 24.9 Å². The lowest BCUT2D eigenvalue weighted by Crippen LogP contribution is -2.39. The lowest BCUT2D eigenvalue weighted by Gasteiger charge is -2.21. The fraction of sp³-hybridized carbons (Fsp3) is 1.00. The third kappa shape index (κ3) is 4.21. The Balaban J connectivity index is 3.96. The Morgan fingerprint density at radius 3 is 1.91 bits per heavy atom. The fourth-order valence-corrected chi connectivity index (χ4v) is 0.595. The summed E-state index contributed by atoms with van der Waals surface area (Å²) >= 11 is 0. The van der Waals surface area contributed by atoms with E-state index in [0.29, 0.717) is 0 Å². The molecule has 2 nitrogen and oxygen atoms in total. The monoisotopic (exact) mass is 171 g/mol. The molecular weight excluding hydrogens is 159 g/mol. The molecule has 0 saturated heterocycles. The second-order valence-corrected chi connectivity index (χ2v) is 2.45. The van der Waals surface area contributed by atoms with Crippen molar-refractivity contribution >= 4 is 0 Å². The van der Waals surface area contributed by atoms with E-state index in [9.17, 15) is 13.2 Å². The number of alkyl halides is 3. The molecule has 1 atom stereocenters. The minimum atomic E-state index is -4.35. The third-order valence-corrected chi connectivity index (χ3v) is 1.02. The molecule has 0 saturated carbocycles. The summed E-state index contributed by atoms with van der Waals surface area (Å²) in [5.41, 5.74) is 4.86. The van der Waals surface area contributed by atoms with Gasteiger partial charge in [-0.2, -0.15) is 13.2 Å². The van der Waals surface area contributed by atoms with Gasteiger partial charge in [0.1, 0.15) is 0 Å². The maximum atomic E-state index is 11.9. The van der Waals surface area contributed by atoms with Crippen LogP contribution in [-0.2, 0) is 4.74 Å². The Morgan fingerprint density at radius 2 is 1.82 bits per heavy atom. The van der Waals surface area contributed by atoms with Crippen molar-refractivity contribution in [2.24, 2.45) is 5.73 Å². The lowest BCUT2D eigenvalue weighted by atomic mass is 10.3. The average molecular weight is 171 g/mol. The predicted molar refractivity (Wildman–Crippen MR) is 35.1 cm³/mol. The van der Waals surface area contributed by atoms with Gasteiger partial charge in [0.25, 0.3) is 0 Å². The Kier molecular flexibility index (Phi) is 3.82. The Bertz CT molecular complexity index is 113. The van der Waals surface area contributed by atoms with Crippen LogP contribution < -0.4 is 5.73 Å². The Morgan fingerprint density at radius 1 is 1.36 bits per heavy atom. The topological polar surface area (TPSA) is 35.2 Å². The Labute approximate surface area is 63.5 Å². The van der Waals surface area contributed by atoms with E-state index >= 15 is 0 Å². The molecule has 11 heavy (non-hydrogen) atoms. The zero-order chi connectivity index (χ0) is 9.07. The van der Waals surface area contributed by atoms with Crippen molar-refractivity contribution in [3.8, 4) is 0 Å². The SMILES string of the molecule is CC(C)OC(CN)C(F)(F)F. The first-order valence-corrected chi connectivity index (χ1v) is 3.30. The minimum absolute atomic E-state index is 0.454. The van der Waals surface area contributed by atoms with E-state index < -0.39 is 24.9 Å². The van der Waals surface area contributed by atoms with Crippen molar-refractivity contribution < 1.29 is 17.9 Å². The highest BCUT2D eigenvalue weighted by Crippen LogP contribution is 2.22. The summed E-state index contributed by atoms with van der Waals surface area (Å²) in [4.78, 5) is 0. The molecule has 0 aromatic heterocycles. The fourth-order valence-electron chi connectivity index (χ4n) is 0.595. The first-order valence-electron chi connectivity index (χ1n) is 3.30. The molecule has 0 spiro atoms. The molecule has 0 fully saturated rings. The standard InChI is InChI=1S/C6H12F3NO/c1-4(2)11-5(3-10)6(7,8)9/h4-5H,3,10H2,1-2H3. The van der Waals surface area contributed by atoms with Gasteiger partial charge in [-0.3, -0.25) is 0 Å². The number of nitrogens with two attached hydrogens (primary N) is 1. The summed E-state index contributed by atoms with van der Waals surface area (Å²) in [5, 5.41) is 0. The van der Waals surface area contributed by atoms with Crippen molar-refractivity contribution in [2.45, 2.75) is 32.2 Å². The van der Waals surface area contributed by atoms with Crippen molar-refractivity contribution in [3.63, 3.8) is 0 Å². The molecule has 0 rings (SSSR count). The van der Waals surface area contributed by atoms with Crippen LogP contribution >= 0.6 is 0 Å². The molecule has 0 aliphatic heterocycles. The first kappa shape index (κ1) is 10.7. The molecule has 68 valence electrons. The molecule has 0 bridgehead atoms. The normalized spacial score (nSPS) is 15.5. The summed E-state index contributed by atoms with van der Waals surface area (Å²) in [6, 6.07) is 0. The van der Waals surface area contributed by atoms with Gasteiger partial charge in [-0.25, -0.2) is 0 Å². The Hall–Kier alpha value is -0.290. The number of ether oxygens (including phenoxy) is 1. The van der Waals surface area contributed by atoms with Crippen molar-refractivity contribution in [2.75, 3.05) is 6.54 Å². The van der Waals surface area contributed by atoms with Crippen LogP contribution in [0.2, 0.25) is 0 Å². The molecule has 2 N–H and O–H groups in total. The average Bonchev–Trinajstić information content (AvgIpc) is 1.79. The van der Waals surface area contributed by atoms with E-state index in [2.05, 4.69) is 4.74 Å². The number of rotatable bonds is 3. The third-order valence-electron chi connectivity index (χ3n) is 1.02. The van der Waals surface area contributed by atoms with Crippen LogP contribution in [0.4, 0.5) is 13.2 Å². The smallest absolute Gasteiger partial charge is 0.365 e. The molecule has 0 aliphatic rings. The van der Waals surface area contributed by atoms with Gasteiger partial charge in [-0.05, 0) is 13.8 Å². The highest BCUT2D eigenvalue weighted by atomic mass is 19.4. The number of hydrogen-bond donors (Lipinski definition) is 1. The van der Waals surface area contributed by atoms with Crippen molar-refractivity contribution in [1.82, 2.24) is 0 Å². The molecule has 5 heteroatoms. The number of hydrogen-bond acceptors (Lipinski definition) is 2. The molecule has 0 aromatic rings. The number of halogens is 3. The highest BCUT2D eigenvalue weighted by molar-refractivity contribution is 4.68. The maximum absolute atomic E-state index is 11.9. The molecule has 0 aromatic carbocycles. The van der Waals surface area contributed by atoms with Gasteiger partial charge in [0.2, 0.25) is 0 Å². The molecule has 0 heterocycles. The van der Waals surface area contributed by atoms with E-state index in [0.717, 1.165) is 0 Å². The lowest BCUT2D eigenvalue weighted by molar-refractivity contribution is -0.225. The summed E-state index contributed by atoms with van der Waals surface area (Å²) in [6.45, 7) is 2.55. The zero-order valence-electron chi connectivity index (χ0n) is 6.48. The van der Waals surface area contributed by atoms with E-state index in [-0.39, 0.29) is 0 Å². The van der Waals surface area contributed by atoms with Gasteiger partial charge in [0.05, 0.1) is 6.10 Å².